The van der Waals surface area contributed by atoms with Gasteiger partial charge in [0.25, 0.3) is 10.1 Å². The molecule has 0 bridgehead atoms. The zero-order valence-corrected chi connectivity index (χ0v) is 19.5. The predicted molar refractivity (Wildman–Crippen MR) is 118 cm³/mol. The average Bonchev–Trinajstić information content (AvgIpc) is 3.15. The fourth-order valence-corrected chi connectivity index (χ4v) is 4.01. The van der Waals surface area contributed by atoms with Gasteiger partial charge in [0.15, 0.2) is 0 Å². The molecule has 190 valence electrons. The van der Waals surface area contributed by atoms with Crippen LogP contribution in [0.15, 0.2) is 24.3 Å². The summed E-state index contributed by atoms with van der Waals surface area (Å²) in [5.74, 6) is -2.88. The van der Waals surface area contributed by atoms with Crippen LogP contribution < -0.4 is 16.0 Å². The Labute approximate surface area is 200 Å². The van der Waals surface area contributed by atoms with Crippen LogP contribution in [0.2, 0.25) is 0 Å². The van der Waals surface area contributed by atoms with E-state index in [1.165, 1.54) is 0 Å². The minimum absolute atomic E-state index is 0.0130. The third kappa shape index (κ3) is 8.54. The van der Waals surface area contributed by atoms with Crippen LogP contribution in [0.3, 0.4) is 0 Å². The van der Waals surface area contributed by atoms with Crippen LogP contribution in [0.25, 0.3) is 0 Å². The van der Waals surface area contributed by atoms with Crippen molar-refractivity contribution in [3.63, 3.8) is 0 Å². The number of nitrogens with one attached hydrogen (secondary N) is 3. The van der Waals surface area contributed by atoms with Gasteiger partial charge in [0.05, 0.1) is 8.78 Å². The Bertz CT molecular complexity index is 1060. The molecule has 1 aliphatic rings. The van der Waals surface area contributed by atoms with E-state index in [-0.39, 0.29) is 24.3 Å². The van der Waals surface area contributed by atoms with E-state index in [9.17, 15) is 36.9 Å². The van der Waals surface area contributed by atoms with Gasteiger partial charge in [-0.05, 0) is 42.9 Å². The number of benzene rings is 1. The minimum Gasteiger partial charge on any atom is -0.445 e. The average molecular weight is 506 g/mol. The number of aliphatic hydroxyl groups is 1. The summed E-state index contributed by atoms with van der Waals surface area (Å²) < 4.78 is 66.2. The number of amides is 3. The van der Waals surface area contributed by atoms with Crippen LogP contribution in [-0.2, 0) is 31.0 Å². The lowest BCUT2D eigenvalue weighted by molar-refractivity contribution is -0.126. The molecule has 5 N–H and O–H groups in total. The van der Waals surface area contributed by atoms with E-state index < -0.39 is 63.8 Å². The Morgan fingerprint density at radius 1 is 1.29 bits per heavy atom. The molecule has 0 spiro atoms. The summed E-state index contributed by atoms with van der Waals surface area (Å²) in [6.45, 7) is 1.10. The Hall–Kier alpha value is -2.77. The maximum absolute atomic E-state index is 13.1. The van der Waals surface area contributed by atoms with Gasteiger partial charge < -0.3 is 25.8 Å². The lowest BCUT2D eigenvalue weighted by atomic mass is 9.97. The SMILES string of the molecule is [2H]C([2H])(OC(=O)NC(CC(C)C)C(=O)NC(C[C@@H]1CCNC1=O)C(O)S(=O)(=O)O)c1ccc(F)cc1. The second-order valence-corrected chi connectivity index (χ2v) is 9.87. The summed E-state index contributed by atoms with van der Waals surface area (Å²) in [5, 5.41) is 17.1. The van der Waals surface area contributed by atoms with Crippen LogP contribution >= 0.6 is 0 Å². The molecular weight excluding hydrogens is 473 g/mol. The van der Waals surface area contributed by atoms with E-state index in [2.05, 4.69) is 16.0 Å². The van der Waals surface area contributed by atoms with Crippen LogP contribution in [0.1, 0.15) is 41.4 Å². The molecule has 0 aliphatic carbocycles. The van der Waals surface area contributed by atoms with Crippen LogP contribution in [0, 0.1) is 17.7 Å². The number of carbonyl (C=O) groups excluding carboxylic acids is 3. The van der Waals surface area contributed by atoms with E-state index in [0.717, 1.165) is 24.3 Å². The first-order valence-corrected chi connectivity index (χ1v) is 12.1. The van der Waals surface area contributed by atoms with Crippen LogP contribution in [0.4, 0.5) is 9.18 Å². The first kappa shape index (κ1) is 24.4. The molecule has 0 saturated carbocycles. The molecule has 1 heterocycles. The number of carbonyl (C=O) groups is 3. The lowest BCUT2D eigenvalue weighted by Crippen LogP contribution is -2.54. The number of halogens is 1. The molecular formula is C21H30FN3O8S. The number of hydrogen-bond acceptors (Lipinski definition) is 7. The van der Waals surface area contributed by atoms with Crippen molar-refractivity contribution in [3.8, 4) is 0 Å². The fraction of sp³-hybridized carbons (Fsp3) is 0.571. The lowest BCUT2D eigenvalue weighted by Gasteiger charge is -2.27. The zero-order chi connectivity index (χ0) is 27.3. The molecule has 1 aromatic carbocycles. The third-order valence-corrected chi connectivity index (χ3v) is 6.04. The molecule has 3 amide bonds. The van der Waals surface area contributed by atoms with Gasteiger partial charge in [-0.3, -0.25) is 14.1 Å². The van der Waals surface area contributed by atoms with Gasteiger partial charge in [-0.15, -0.1) is 0 Å². The number of alkyl carbamates (subject to hydrolysis) is 1. The van der Waals surface area contributed by atoms with Crippen LogP contribution in [0.5, 0.6) is 0 Å². The maximum Gasteiger partial charge on any atom is 0.408 e. The fourth-order valence-electron chi connectivity index (χ4n) is 3.41. The quantitative estimate of drug-likeness (QED) is 0.273. The molecule has 1 aliphatic heterocycles. The zero-order valence-electron chi connectivity index (χ0n) is 20.7. The van der Waals surface area contributed by atoms with E-state index in [4.69, 9.17) is 7.48 Å². The first-order valence-electron chi connectivity index (χ1n) is 11.6. The molecule has 13 heteroatoms. The normalized spacial score (nSPS) is 19.9. The highest BCUT2D eigenvalue weighted by molar-refractivity contribution is 7.86. The van der Waals surface area contributed by atoms with Gasteiger partial charge in [0.2, 0.25) is 17.3 Å². The van der Waals surface area contributed by atoms with Crippen molar-refractivity contribution >= 4 is 28.0 Å². The summed E-state index contributed by atoms with van der Waals surface area (Å²) in [5.41, 5.74) is -2.59. The van der Waals surface area contributed by atoms with Crippen LogP contribution in [-0.4, -0.2) is 60.0 Å². The highest BCUT2D eigenvalue weighted by Gasteiger charge is 2.37. The number of aliphatic hydroxyl groups excluding tert-OH is 1. The Morgan fingerprint density at radius 2 is 1.94 bits per heavy atom. The molecule has 1 aromatic rings. The molecule has 34 heavy (non-hydrogen) atoms. The monoisotopic (exact) mass is 505 g/mol. The molecule has 11 nitrogen and oxygen atoms in total. The van der Waals surface area contributed by atoms with Gasteiger partial charge in [0, 0.05) is 12.5 Å². The molecule has 0 aromatic heterocycles. The Balaban J connectivity index is 2.16. The summed E-state index contributed by atoms with van der Waals surface area (Å²) in [4.78, 5) is 37.3. The summed E-state index contributed by atoms with van der Waals surface area (Å²) in [6, 6.07) is 1.20. The summed E-state index contributed by atoms with van der Waals surface area (Å²) in [6.07, 6.45) is -1.29. The third-order valence-electron chi connectivity index (χ3n) is 5.10. The molecule has 1 saturated heterocycles. The van der Waals surface area contributed by atoms with E-state index in [1.54, 1.807) is 13.8 Å². The smallest absolute Gasteiger partial charge is 0.408 e. The van der Waals surface area contributed by atoms with Gasteiger partial charge in [-0.25, -0.2) is 9.18 Å². The summed E-state index contributed by atoms with van der Waals surface area (Å²) >= 11 is 0. The molecule has 1 fully saturated rings. The van der Waals surface area contributed by atoms with Crippen molar-refractivity contribution in [2.75, 3.05) is 6.54 Å². The largest absolute Gasteiger partial charge is 0.445 e. The van der Waals surface area contributed by atoms with E-state index in [0.29, 0.717) is 13.0 Å². The van der Waals surface area contributed by atoms with Crippen molar-refractivity contribution in [2.45, 2.75) is 57.2 Å². The number of ether oxygens (including phenoxy) is 1. The molecule has 2 rings (SSSR count). The number of rotatable bonds is 11. The molecule has 4 atom stereocenters. The van der Waals surface area contributed by atoms with Crippen molar-refractivity contribution in [1.82, 2.24) is 16.0 Å². The molecule has 0 radical (unpaired) electrons. The summed E-state index contributed by atoms with van der Waals surface area (Å²) in [7, 11) is -5.02. The minimum atomic E-state index is -5.02. The van der Waals surface area contributed by atoms with E-state index >= 15 is 0 Å². The number of hydrogen-bond donors (Lipinski definition) is 5. The second kappa shape index (κ2) is 12.1. The van der Waals surface area contributed by atoms with Gasteiger partial charge in [-0.2, -0.15) is 8.42 Å². The highest BCUT2D eigenvalue weighted by Crippen LogP contribution is 2.20. The van der Waals surface area contributed by atoms with Gasteiger partial charge in [-0.1, -0.05) is 26.0 Å². The van der Waals surface area contributed by atoms with Crippen molar-refractivity contribution < 1.29 is 44.3 Å². The molecule has 3 unspecified atom stereocenters. The second-order valence-electron chi connectivity index (χ2n) is 8.36. The predicted octanol–water partition coefficient (Wildman–Crippen LogP) is 0.684. The standard InChI is InChI=1S/C21H30FN3O8S/c1-12(2)9-16(25-21(29)33-11-13-3-5-15(22)6-4-13)19(27)24-17(20(28)34(30,31)32)10-14-7-8-23-18(14)26/h3-6,12,14,16-17,20,28H,7-11H2,1-2H3,(H,23,26)(H,24,27)(H,25,29)(H,30,31,32)/t14-,16?,17?,20?/m0/s1/i11D2. The van der Waals surface area contributed by atoms with Gasteiger partial charge >= 0.3 is 6.09 Å². The Kier molecular flexibility index (Phi) is 8.66. The van der Waals surface area contributed by atoms with Crippen molar-refractivity contribution in [1.29, 1.82) is 0 Å². The Morgan fingerprint density at radius 3 is 2.47 bits per heavy atom. The van der Waals surface area contributed by atoms with E-state index in [1.807, 2.05) is 0 Å². The maximum atomic E-state index is 13.1. The topological polar surface area (TPSA) is 171 Å². The van der Waals surface area contributed by atoms with Crippen molar-refractivity contribution in [3.05, 3.63) is 35.6 Å². The van der Waals surface area contributed by atoms with Crippen molar-refractivity contribution in [2.24, 2.45) is 11.8 Å². The highest BCUT2D eigenvalue weighted by atomic mass is 32.2. The van der Waals surface area contributed by atoms with Gasteiger partial charge in [0.1, 0.15) is 18.4 Å². The first-order chi connectivity index (χ1) is 16.6.